The highest BCUT2D eigenvalue weighted by Gasteiger charge is 2.19. The van der Waals surface area contributed by atoms with Crippen LogP contribution in [-0.2, 0) is 9.53 Å². The molecule has 2 rings (SSSR count). The number of anilines is 1. The molecule has 1 amide bonds. The third-order valence-corrected chi connectivity index (χ3v) is 3.38. The Labute approximate surface area is 121 Å². The average molecular weight is 289 g/mol. The molecule has 104 valence electrons. The number of aryl methyl sites for hydroxylation is 1. The summed E-state index contributed by atoms with van der Waals surface area (Å²) in [6.07, 6.45) is -0.845. The molecule has 2 aromatic rings. The Morgan fingerprint density at radius 2 is 2.10 bits per heavy atom. The summed E-state index contributed by atoms with van der Waals surface area (Å²) in [7, 11) is 0. The fourth-order valence-corrected chi connectivity index (χ4v) is 2.25. The second-order valence-electron chi connectivity index (χ2n) is 4.42. The number of nitrogens with one attached hydrogen (secondary N) is 1. The lowest BCUT2D eigenvalue weighted by molar-refractivity contribution is -0.123. The van der Waals surface area contributed by atoms with E-state index in [2.05, 4.69) is 5.32 Å². The molecule has 0 aliphatic heterocycles. The fraction of sp³-hybridized carbons (Fsp3) is 0.200. The largest absolute Gasteiger partial charge is 0.449 e. The number of carbonyl (C=O) groups excluding carboxylic acids is 2. The van der Waals surface area contributed by atoms with Gasteiger partial charge in [0.2, 0.25) is 0 Å². The number of carbonyl (C=O) groups is 2. The van der Waals surface area contributed by atoms with Gasteiger partial charge < -0.3 is 10.1 Å². The molecule has 0 saturated carbocycles. The minimum atomic E-state index is -0.845. The smallest absolute Gasteiger partial charge is 0.339 e. The van der Waals surface area contributed by atoms with E-state index in [1.807, 2.05) is 25.1 Å². The summed E-state index contributed by atoms with van der Waals surface area (Å²) in [6.45, 7) is 3.49. The molecule has 1 unspecified atom stereocenters. The van der Waals surface area contributed by atoms with Crippen molar-refractivity contribution < 1.29 is 14.3 Å². The first-order valence-electron chi connectivity index (χ1n) is 6.17. The molecule has 0 aliphatic rings. The van der Waals surface area contributed by atoms with Crippen molar-refractivity contribution in [2.75, 3.05) is 5.32 Å². The molecular weight excluding hydrogens is 274 g/mol. The Morgan fingerprint density at radius 1 is 1.30 bits per heavy atom. The van der Waals surface area contributed by atoms with Gasteiger partial charge in [-0.15, -0.1) is 0 Å². The predicted molar refractivity (Wildman–Crippen MR) is 79.0 cm³/mol. The molecule has 1 atom stereocenters. The van der Waals surface area contributed by atoms with Crippen LogP contribution in [0.4, 0.5) is 5.69 Å². The highest BCUT2D eigenvalue weighted by Crippen LogP contribution is 2.12. The molecule has 0 aliphatic carbocycles. The van der Waals surface area contributed by atoms with Crippen LogP contribution >= 0.6 is 11.3 Å². The third-order valence-electron chi connectivity index (χ3n) is 2.70. The highest BCUT2D eigenvalue weighted by atomic mass is 32.1. The van der Waals surface area contributed by atoms with Crippen molar-refractivity contribution in [1.82, 2.24) is 0 Å². The highest BCUT2D eigenvalue weighted by molar-refractivity contribution is 7.08. The zero-order chi connectivity index (χ0) is 14.5. The maximum absolute atomic E-state index is 11.9. The van der Waals surface area contributed by atoms with Crippen molar-refractivity contribution in [2.45, 2.75) is 20.0 Å². The van der Waals surface area contributed by atoms with E-state index in [4.69, 9.17) is 4.74 Å². The first-order valence-corrected chi connectivity index (χ1v) is 7.11. The summed E-state index contributed by atoms with van der Waals surface area (Å²) >= 11 is 1.41. The monoisotopic (exact) mass is 289 g/mol. The molecule has 0 bridgehead atoms. The lowest BCUT2D eigenvalue weighted by Gasteiger charge is -2.13. The molecular formula is C15H15NO3S. The summed E-state index contributed by atoms with van der Waals surface area (Å²) in [5.41, 5.74) is 2.20. The van der Waals surface area contributed by atoms with Gasteiger partial charge in [-0.25, -0.2) is 4.79 Å². The lowest BCUT2D eigenvalue weighted by Crippen LogP contribution is -2.29. The number of hydrogen-bond acceptors (Lipinski definition) is 4. The van der Waals surface area contributed by atoms with Gasteiger partial charge in [-0.3, -0.25) is 4.79 Å². The summed E-state index contributed by atoms with van der Waals surface area (Å²) in [6, 6.07) is 9.10. The maximum atomic E-state index is 11.9. The zero-order valence-corrected chi connectivity index (χ0v) is 12.1. The first-order chi connectivity index (χ1) is 9.56. The van der Waals surface area contributed by atoms with Crippen molar-refractivity contribution in [3.63, 3.8) is 0 Å². The summed E-state index contributed by atoms with van der Waals surface area (Å²) in [4.78, 5) is 23.7. The van der Waals surface area contributed by atoms with Crippen LogP contribution in [0.15, 0.2) is 41.1 Å². The second kappa shape index (κ2) is 6.34. The van der Waals surface area contributed by atoms with Crippen LogP contribution in [0.3, 0.4) is 0 Å². The molecule has 1 aromatic heterocycles. The van der Waals surface area contributed by atoms with Crippen LogP contribution < -0.4 is 5.32 Å². The Kier molecular flexibility index (Phi) is 4.53. The van der Waals surface area contributed by atoms with E-state index < -0.39 is 12.1 Å². The molecule has 0 radical (unpaired) electrons. The summed E-state index contributed by atoms with van der Waals surface area (Å²) < 4.78 is 5.11. The number of benzene rings is 1. The van der Waals surface area contributed by atoms with Crippen LogP contribution in [0.2, 0.25) is 0 Å². The quantitative estimate of drug-likeness (QED) is 0.879. The van der Waals surface area contributed by atoms with Crippen molar-refractivity contribution in [3.8, 4) is 0 Å². The van der Waals surface area contributed by atoms with Gasteiger partial charge >= 0.3 is 5.97 Å². The van der Waals surface area contributed by atoms with Crippen LogP contribution in [0, 0.1) is 6.92 Å². The van der Waals surface area contributed by atoms with Gasteiger partial charge in [-0.1, -0.05) is 12.1 Å². The van der Waals surface area contributed by atoms with Crippen LogP contribution in [0.25, 0.3) is 0 Å². The first kappa shape index (κ1) is 14.3. The van der Waals surface area contributed by atoms with E-state index in [1.165, 1.54) is 11.3 Å². The SMILES string of the molecule is Cc1cccc(NC(=O)C(C)OC(=O)c2ccsc2)c1. The molecule has 0 spiro atoms. The molecule has 4 nitrogen and oxygen atoms in total. The summed E-state index contributed by atoms with van der Waals surface area (Å²) in [5.74, 6) is -0.836. The standard InChI is InChI=1S/C15H15NO3S/c1-10-4-3-5-13(8-10)16-14(17)11(2)19-15(18)12-6-7-20-9-12/h3-9,11H,1-2H3,(H,16,17). The van der Waals surface area contributed by atoms with Gasteiger partial charge in [0.25, 0.3) is 5.91 Å². The number of amides is 1. The van der Waals surface area contributed by atoms with E-state index in [1.54, 1.807) is 29.8 Å². The number of rotatable bonds is 4. The normalized spacial score (nSPS) is 11.7. The van der Waals surface area contributed by atoms with Gasteiger partial charge in [0.05, 0.1) is 5.56 Å². The molecule has 1 heterocycles. The van der Waals surface area contributed by atoms with E-state index in [9.17, 15) is 9.59 Å². The fourth-order valence-electron chi connectivity index (χ4n) is 1.63. The second-order valence-corrected chi connectivity index (χ2v) is 5.20. The predicted octanol–water partition coefficient (Wildman–Crippen LogP) is 3.24. The van der Waals surface area contributed by atoms with Crippen LogP contribution in [-0.4, -0.2) is 18.0 Å². The minimum Gasteiger partial charge on any atom is -0.449 e. The van der Waals surface area contributed by atoms with Crippen molar-refractivity contribution in [1.29, 1.82) is 0 Å². The molecule has 1 aromatic carbocycles. The lowest BCUT2D eigenvalue weighted by atomic mass is 10.2. The van der Waals surface area contributed by atoms with Gasteiger partial charge in [0, 0.05) is 11.1 Å². The Morgan fingerprint density at radius 3 is 2.75 bits per heavy atom. The number of esters is 1. The average Bonchev–Trinajstić information content (AvgIpc) is 2.92. The Hall–Kier alpha value is -2.14. The van der Waals surface area contributed by atoms with Gasteiger partial charge in [-0.2, -0.15) is 11.3 Å². The number of ether oxygens (including phenoxy) is 1. The molecule has 5 heteroatoms. The minimum absolute atomic E-state index is 0.348. The number of hydrogen-bond donors (Lipinski definition) is 1. The van der Waals surface area contributed by atoms with Crippen molar-refractivity contribution in [3.05, 3.63) is 52.2 Å². The topological polar surface area (TPSA) is 55.4 Å². The maximum Gasteiger partial charge on any atom is 0.339 e. The Balaban J connectivity index is 1.94. The summed E-state index contributed by atoms with van der Waals surface area (Å²) in [5, 5.41) is 6.19. The Bertz CT molecular complexity index is 607. The zero-order valence-electron chi connectivity index (χ0n) is 11.3. The van der Waals surface area contributed by atoms with E-state index in [0.29, 0.717) is 11.3 Å². The molecule has 0 saturated heterocycles. The van der Waals surface area contributed by atoms with Crippen molar-refractivity contribution >= 4 is 28.9 Å². The van der Waals surface area contributed by atoms with E-state index >= 15 is 0 Å². The molecule has 20 heavy (non-hydrogen) atoms. The van der Waals surface area contributed by atoms with Crippen LogP contribution in [0.1, 0.15) is 22.8 Å². The van der Waals surface area contributed by atoms with E-state index in [0.717, 1.165) is 5.56 Å². The molecule has 0 fully saturated rings. The molecule has 1 N–H and O–H groups in total. The van der Waals surface area contributed by atoms with Gasteiger partial charge in [-0.05, 0) is 43.0 Å². The van der Waals surface area contributed by atoms with Crippen LogP contribution in [0.5, 0.6) is 0 Å². The van der Waals surface area contributed by atoms with Crippen molar-refractivity contribution in [2.24, 2.45) is 0 Å². The third kappa shape index (κ3) is 3.68. The number of thiophene rings is 1. The van der Waals surface area contributed by atoms with Gasteiger partial charge in [0.1, 0.15) is 0 Å². The van der Waals surface area contributed by atoms with Gasteiger partial charge in [0.15, 0.2) is 6.10 Å². The van der Waals surface area contributed by atoms with E-state index in [-0.39, 0.29) is 5.91 Å².